The number of thiazole rings is 1. The summed E-state index contributed by atoms with van der Waals surface area (Å²) in [5, 5.41) is 5.94. The number of carbonyl (C=O) groups excluding carboxylic acids is 1. The summed E-state index contributed by atoms with van der Waals surface area (Å²) < 4.78 is 0. The molecule has 1 aliphatic rings. The van der Waals surface area contributed by atoms with Crippen LogP contribution in [0.25, 0.3) is 10.6 Å². The average Bonchev–Trinajstić information content (AvgIpc) is 3.24. The predicted molar refractivity (Wildman–Crippen MR) is 110 cm³/mol. The summed E-state index contributed by atoms with van der Waals surface area (Å²) >= 11 is 1.59. The van der Waals surface area contributed by atoms with Crippen molar-refractivity contribution in [3.05, 3.63) is 71.7 Å². The maximum absolute atomic E-state index is 12.6. The van der Waals surface area contributed by atoms with E-state index in [1.54, 1.807) is 17.5 Å². The lowest BCUT2D eigenvalue weighted by Crippen LogP contribution is -2.49. The topological polar surface area (TPSA) is 48.5 Å². The highest BCUT2D eigenvalue weighted by Crippen LogP contribution is 2.24. The van der Waals surface area contributed by atoms with E-state index in [9.17, 15) is 4.79 Å². The molecule has 0 spiro atoms. The lowest BCUT2D eigenvalue weighted by Gasteiger charge is -2.34. The number of nitrogens with one attached hydrogen (secondary N) is 1. The van der Waals surface area contributed by atoms with E-state index in [-0.39, 0.29) is 6.03 Å². The Hall–Kier alpha value is -2.70. The molecule has 0 radical (unpaired) electrons. The van der Waals surface area contributed by atoms with E-state index < -0.39 is 0 Å². The van der Waals surface area contributed by atoms with Gasteiger partial charge in [-0.15, -0.1) is 11.3 Å². The van der Waals surface area contributed by atoms with Crippen molar-refractivity contribution in [1.29, 1.82) is 0 Å². The number of hydrogen-bond acceptors (Lipinski definition) is 4. The van der Waals surface area contributed by atoms with Crippen LogP contribution < -0.4 is 5.32 Å². The third kappa shape index (κ3) is 4.53. The molecular formula is C21H22N4OS. The molecule has 0 aliphatic carbocycles. The van der Waals surface area contributed by atoms with Gasteiger partial charge in [-0.1, -0.05) is 42.5 Å². The molecule has 4 rings (SSSR count). The van der Waals surface area contributed by atoms with Crippen molar-refractivity contribution < 1.29 is 4.79 Å². The van der Waals surface area contributed by atoms with E-state index in [1.807, 2.05) is 40.6 Å². The Morgan fingerprint density at radius 2 is 1.85 bits per heavy atom. The number of hydrogen-bond donors (Lipinski definition) is 1. The third-order valence-corrected chi connectivity index (χ3v) is 5.52. The molecule has 0 bridgehead atoms. The Morgan fingerprint density at radius 1 is 1.04 bits per heavy atom. The summed E-state index contributed by atoms with van der Waals surface area (Å²) in [6.07, 6.45) is 1.79. The maximum atomic E-state index is 12.6. The van der Waals surface area contributed by atoms with Gasteiger partial charge < -0.3 is 10.2 Å². The van der Waals surface area contributed by atoms with Gasteiger partial charge in [-0.05, 0) is 17.7 Å². The molecule has 0 saturated carbocycles. The highest BCUT2D eigenvalue weighted by Gasteiger charge is 2.21. The maximum Gasteiger partial charge on any atom is 0.321 e. The van der Waals surface area contributed by atoms with E-state index in [4.69, 9.17) is 0 Å². The number of nitrogens with zero attached hydrogens (tertiary/aromatic N) is 3. The van der Waals surface area contributed by atoms with Gasteiger partial charge in [0, 0.05) is 55.6 Å². The van der Waals surface area contributed by atoms with Crippen LogP contribution in [0.5, 0.6) is 0 Å². The van der Waals surface area contributed by atoms with Crippen LogP contribution in [0.15, 0.2) is 66.2 Å². The van der Waals surface area contributed by atoms with E-state index in [1.165, 1.54) is 5.56 Å². The van der Waals surface area contributed by atoms with Crippen LogP contribution >= 0.6 is 11.3 Å². The van der Waals surface area contributed by atoms with Gasteiger partial charge in [-0.3, -0.25) is 4.90 Å². The molecule has 1 saturated heterocycles. The van der Waals surface area contributed by atoms with E-state index in [2.05, 4.69) is 39.5 Å². The van der Waals surface area contributed by atoms with Crippen molar-refractivity contribution in [2.24, 2.45) is 0 Å². The first-order chi connectivity index (χ1) is 13.3. The summed E-state index contributed by atoms with van der Waals surface area (Å²) in [7, 11) is 0. The second kappa shape index (κ2) is 8.33. The van der Waals surface area contributed by atoms with Crippen LogP contribution in [0.3, 0.4) is 0 Å². The molecule has 2 heterocycles. The Bertz CT molecular complexity index is 874. The van der Waals surface area contributed by atoms with E-state index in [0.717, 1.165) is 49.0 Å². The lowest BCUT2D eigenvalue weighted by molar-refractivity contribution is 0.143. The molecule has 5 nitrogen and oxygen atoms in total. The summed E-state index contributed by atoms with van der Waals surface area (Å²) in [5.74, 6) is 0. The highest BCUT2D eigenvalue weighted by molar-refractivity contribution is 7.13. The van der Waals surface area contributed by atoms with Crippen LogP contribution in [-0.4, -0.2) is 47.0 Å². The first-order valence-electron chi connectivity index (χ1n) is 9.10. The molecule has 0 unspecified atom stereocenters. The molecule has 0 atom stereocenters. The molecule has 6 heteroatoms. The molecule has 3 aromatic rings. The highest BCUT2D eigenvalue weighted by atomic mass is 32.1. The van der Waals surface area contributed by atoms with Gasteiger partial charge in [-0.25, -0.2) is 9.78 Å². The Kier molecular flexibility index (Phi) is 5.46. The molecule has 27 heavy (non-hydrogen) atoms. The van der Waals surface area contributed by atoms with Crippen LogP contribution in [0, 0.1) is 0 Å². The van der Waals surface area contributed by atoms with Gasteiger partial charge in [0.2, 0.25) is 0 Å². The Labute approximate surface area is 163 Å². The first kappa shape index (κ1) is 17.7. The van der Waals surface area contributed by atoms with Crippen molar-refractivity contribution >= 4 is 23.1 Å². The number of amides is 2. The molecular weight excluding hydrogens is 356 g/mol. The molecule has 2 aromatic carbocycles. The zero-order chi connectivity index (χ0) is 18.5. The second-order valence-electron chi connectivity index (χ2n) is 6.60. The number of urea groups is 1. The predicted octanol–water partition coefficient (Wildman–Crippen LogP) is 4.16. The third-order valence-electron chi connectivity index (χ3n) is 4.70. The van der Waals surface area contributed by atoms with Gasteiger partial charge in [0.1, 0.15) is 5.01 Å². The van der Waals surface area contributed by atoms with Gasteiger partial charge in [0.25, 0.3) is 0 Å². The van der Waals surface area contributed by atoms with Crippen molar-refractivity contribution in [1.82, 2.24) is 14.8 Å². The number of aromatic nitrogens is 1. The standard InChI is InChI=1S/C21H22N4OS/c26-21(23-19-8-4-7-18(15-19)20-22-9-14-27-20)25-12-10-24(11-13-25)16-17-5-2-1-3-6-17/h1-9,14-15H,10-13,16H2,(H,23,26). The number of piperazine rings is 1. The second-order valence-corrected chi connectivity index (χ2v) is 7.49. The van der Waals surface area contributed by atoms with Gasteiger partial charge in [0.15, 0.2) is 0 Å². The average molecular weight is 379 g/mol. The van der Waals surface area contributed by atoms with Crippen molar-refractivity contribution in [3.8, 4) is 10.6 Å². The fraction of sp³-hybridized carbons (Fsp3) is 0.238. The molecule has 1 aromatic heterocycles. The summed E-state index contributed by atoms with van der Waals surface area (Å²) in [6, 6.07) is 18.3. The van der Waals surface area contributed by atoms with E-state index >= 15 is 0 Å². The number of anilines is 1. The largest absolute Gasteiger partial charge is 0.322 e. The van der Waals surface area contributed by atoms with Crippen molar-refractivity contribution in [2.75, 3.05) is 31.5 Å². The van der Waals surface area contributed by atoms with Gasteiger partial charge >= 0.3 is 6.03 Å². The molecule has 1 fully saturated rings. The van der Waals surface area contributed by atoms with Crippen LogP contribution in [-0.2, 0) is 6.54 Å². The SMILES string of the molecule is O=C(Nc1cccc(-c2nccs2)c1)N1CCN(Cc2ccccc2)CC1. The summed E-state index contributed by atoms with van der Waals surface area (Å²) in [4.78, 5) is 21.2. The van der Waals surface area contributed by atoms with Crippen LogP contribution in [0.4, 0.5) is 10.5 Å². The zero-order valence-electron chi connectivity index (χ0n) is 15.0. The number of rotatable bonds is 4. The smallest absolute Gasteiger partial charge is 0.321 e. The molecule has 1 aliphatic heterocycles. The minimum Gasteiger partial charge on any atom is -0.322 e. The minimum absolute atomic E-state index is 0.0364. The fourth-order valence-corrected chi connectivity index (χ4v) is 3.88. The Morgan fingerprint density at radius 3 is 2.59 bits per heavy atom. The first-order valence-corrected chi connectivity index (χ1v) is 9.98. The number of benzene rings is 2. The van der Waals surface area contributed by atoms with Crippen LogP contribution in [0.1, 0.15) is 5.56 Å². The summed E-state index contributed by atoms with van der Waals surface area (Å²) in [6.45, 7) is 4.20. The molecule has 138 valence electrons. The fourth-order valence-electron chi connectivity index (χ4n) is 3.25. The monoisotopic (exact) mass is 378 g/mol. The molecule has 1 N–H and O–H groups in total. The minimum atomic E-state index is -0.0364. The summed E-state index contributed by atoms with van der Waals surface area (Å²) in [5.41, 5.74) is 3.14. The van der Waals surface area contributed by atoms with Gasteiger partial charge in [0.05, 0.1) is 0 Å². The molecule has 2 amide bonds. The number of carbonyl (C=O) groups is 1. The lowest BCUT2D eigenvalue weighted by atomic mass is 10.2. The Balaban J connectivity index is 1.31. The van der Waals surface area contributed by atoms with Crippen molar-refractivity contribution in [2.45, 2.75) is 6.54 Å². The van der Waals surface area contributed by atoms with Crippen LogP contribution in [0.2, 0.25) is 0 Å². The van der Waals surface area contributed by atoms with Gasteiger partial charge in [-0.2, -0.15) is 0 Å². The van der Waals surface area contributed by atoms with E-state index in [0.29, 0.717) is 0 Å². The zero-order valence-corrected chi connectivity index (χ0v) is 15.9. The van der Waals surface area contributed by atoms with Crippen molar-refractivity contribution in [3.63, 3.8) is 0 Å². The normalized spacial score (nSPS) is 14.9. The quantitative estimate of drug-likeness (QED) is 0.742.